The number of rotatable bonds is 4. The lowest BCUT2D eigenvalue weighted by Crippen LogP contribution is -1.90. The molecule has 122 valence electrons. The summed E-state index contributed by atoms with van der Waals surface area (Å²) in [5, 5.41) is 6.33. The highest BCUT2D eigenvalue weighted by Gasteiger charge is 2.07. The standard InChI is InChI=1S/C21H17N3S/c1-15-6-5-9-18(12-15)23-21-24-20(14-25-21)17-10-11-22-19(13-17)16-7-3-2-4-8-16/h2-14H,1H3,(H,23,24). The Morgan fingerprint density at radius 1 is 0.840 bits per heavy atom. The summed E-state index contributed by atoms with van der Waals surface area (Å²) in [7, 11) is 0. The van der Waals surface area contributed by atoms with Crippen molar-refractivity contribution in [2.45, 2.75) is 6.92 Å². The number of aromatic nitrogens is 2. The van der Waals surface area contributed by atoms with Crippen molar-refractivity contribution in [1.82, 2.24) is 9.97 Å². The van der Waals surface area contributed by atoms with Crippen LogP contribution in [0.4, 0.5) is 10.8 Å². The van der Waals surface area contributed by atoms with E-state index < -0.39 is 0 Å². The van der Waals surface area contributed by atoms with Crippen LogP contribution in [0.15, 0.2) is 78.3 Å². The Balaban J connectivity index is 1.60. The van der Waals surface area contributed by atoms with Gasteiger partial charge in [-0.05, 0) is 36.8 Å². The van der Waals surface area contributed by atoms with E-state index in [0.29, 0.717) is 0 Å². The number of aryl methyl sites for hydroxylation is 1. The minimum atomic E-state index is 0.888. The average molecular weight is 343 g/mol. The first-order chi connectivity index (χ1) is 12.3. The molecule has 2 aromatic carbocycles. The molecule has 1 N–H and O–H groups in total. The molecule has 3 nitrogen and oxygen atoms in total. The molecule has 0 saturated carbocycles. The number of pyridine rings is 1. The minimum absolute atomic E-state index is 0.888. The van der Waals surface area contributed by atoms with Gasteiger partial charge in [-0.25, -0.2) is 4.98 Å². The smallest absolute Gasteiger partial charge is 0.187 e. The number of hydrogen-bond donors (Lipinski definition) is 1. The summed E-state index contributed by atoms with van der Waals surface area (Å²) in [6.07, 6.45) is 1.84. The minimum Gasteiger partial charge on any atom is -0.332 e. The lowest BCUT2D eigenvalue weighted by atomic mass is 10.1. The SMILES string of the molecule is Cc1cccc(Nc2nc(-c3ccnc(-c4ccccc4)c3)cs2)c1. The maximum absolute atomic E-state index is 4.72. The fourth-order valence-electron chi connectivity index (χ4n) is 2.67. The zero-order valence-electron chi connectivity index (χ0n) is 13.8. The number of nitrogens with one attached hydrogen (secondary N) is 1. The number of hydrogen-bond acceptors (Lipinski definition) is 4. The van der Waals surface area contributed by atoms with Crippen LogP contribution in [0.3, 0.4) is 0 Å². The van der Waals surface area contributed by atoms with Gasteiger partial charge in [-0.1, -0.05) is 42.5 Å². The summed E-state index contributed by atoms with van der Waals surface area (Å²) in [6.45, 7) is 2.08. The molecular weight excluding hydrogens is 326 g/mol. The molecular formula is C21H17N3S. The Bertz CT molecular complexity index is 993. The third-order valence-corrected chi connectivity index (χ3v) is 4.66. The molecule has 4 heteroatoms. The zero-order valence-corrected chi connectivity index (χ0v) is 14.6. The molecule has 0 aliphatic heterocycles. The Morgan fingerprint density at radius 3 is 2.56 bits per heavy atom. The maximum Gasteiger partial charge on any atom is 0.187 e. The summed E-state index contributed by atoms with van der Waals surface area (Å²) >= 11 is 1.60. The topological polar surface area (TPSA) is 37.8 Å². The van der Waals surface area contributed by atoms with Crippen molar-refractivity contribution in [2.24, 2.45) is 0 Å². The van der Waals surface area contributed by atoms with Gasteiger partial charge in [-0.15, -0.1) is 11.3 Å². The van der Waals surface area contributed by atoms with Crippen LogP contribution in [0.25, 0.3) is 22.5 Å². The molecule has 0 aliphatic rings. The molecule has 2 aromatic heterocycles. The highest BCUT2D eigenvalue weighted by molar-refractivity contribution is 7.14. The second kappa shape index (κ2) is 6.87. The summed E-state index contributed by atoms with van der Waals surface area (Å²) < 4.78 is 0. The van der Waals surface area contributed by atoms with Crippen molar-refractivity contribution in [1.29, 1.82) is 0 Å². The summed E-state index contributed by atoms with van der Waals surface area (Å²) in [5.74, 6) is 0. The first-order valence-electron chi connectivity index (χ1n) is 8.09. The van der Waals surface area contributed by atoms with E-state index in [1.807, 2.05) is 42.6 Å². The fraction of sp³-hybridized carbons (Fsp3) is 0.0476. The largest absolute Gasteiger partial charge is 0.332 e. The van der Waals surface area contributed by atoms with E-state index in [1.165, 1.54) is 5.56 Å². The molecule has 0 radical (unpaired) electrons. The van der Waals surface area contributed by atoms with Crippen LogP contribution in [0.2, 0.25) is 0 Å². The van der Waals surface area contributed by atoms with Crippen LogP contribution < -0.4 is 5.32 Å². The van der Waals surface area contributed by atoms with Crippen LogP contribution >= 0.6 is 11.3 Å². The molecule has 0 atom stereocenters. The first-order valence-corrected chi connectivity index (χ1v) is 8.97. The van der Waals surface area contributed by atoms with Gasteiger partial charge in [-0.3, -0.25) is 4.98 Å². The van der Waals surface area contributed by atoms with Crippen molar-refractivity contribution in [3.05, 3.63) is 83.9 Å². The predicted octanol–water partition coefficient (Wildman–Crippen LogP) is 5.92. The van der Waals surface area contributed by atoms with Crippen LogP contribution in [-0.2, 0) is 0 Å². The van der Waals surface area contributed by atoms with Gasteiger partial charge in [0.25, 0.3) is 0 Å². The molecule has 2 heterocycles. The summed E-state index contributed by atoms with van der Waals surface area (Å²) in [5.41, 5.74) is 6.38. The molecule has 0 bridgehead atoms. The number of benzene rings is 2. The molecule has 4 aromatic rings. The molecule has 0 unspecified atom stereocenters. The van der Waals surface area contributed by atoms with E-state index in [-0.39, 0.29) is 0 Å². The van der Waals surface area contributed by atoms with Crippen molar-refractivity contribution in [3.8, 4) is 22.5 Å². The highest BCUT2D eigenvalue weighted by Crippen LogP contribution is 2.29. The Kier molecular flexibility index (Phi) is 4.27. The predicted molar refractivity (Wildman–Crippen MR) is 105 cm³/mol. The number of thiazole rings is 1. The monoisotopic (exact) mass is 343 g/mol. The summed E-state index contributed by atoms with van der Waals surface area (Å²) in [4.78, 5) is 9.20. The van der Waals surface area contributed by atoms with Gasteiger partial charge in [0.2, 0.25) is 0 Å². The maximum atomic E-state index is 4.72. The van der Waals surface area contributed by atoms with E-state index in [9.17, 15) is 0 Å². The molecule has 0 fully saturated rings. The van der Waals surface area contributed by atoms with Gasteiger partial charge in [0.1, 0.15) is 0 Å². The zero-order chi connectivity index (χ0) is 17.1. The molecule has 0 spiro atoms. The first kappa shape index (κ1) is 15.5. The quantitative estimate of drug-likeness (QED) is 0.499. The Morgan fingerprint density at radius 2 is 1.72 bits per heavy atom. The van der Waals surface area contributed by atoms with E-state index in [2.05, 4.69) is 52.9 Å². The molecule has 4 rings (SSSR count). The van der Waals surface area contributed by atoms with Crippen molar-refractivity contribution < 1.29 is 0 Å². The Hall–Kier alpha value is -2.98. The summed E-state index contributed by atoms with van der Waals surface area (Å²) in [6, 6.07) is 22.6. The number of anilines is 2. The van der Waals surface area contributed by atoms with Gasteiger partial charge in [0.15, 0.2) is 5.13 Å². The molecule has 0 aliphatic carbocycles. The van der Waals surface area contributed by atoms with Gasteiger partial charge in [-0.2, -0.15) is 0 Å². The second-order valence-electron chi connectivity index (χ2n) is 5.83. The van der Waals surface area contributed by atoms with Crippen molar-refractivity contribution in [2.75, 3.05) is 5.32 Å². The van der Waals surface area contributed by atoms with E-state index in [4.69, 9.17) is 4.98 Å². The van der Waals surface area contributed by atoms with Crippen molar-refractivity contribution in [3.63, 3.8) is 0 Å². The molecule has 25 heavy (non-hydrogen) atoms. The average Bonchev–Trinajstić information content (AvgIpc) is 3.11. The second-order valence-corrected chi connectivity index (χ2v) is 6.69. The van der Waals surface area contributed by atoms with Crippen molar-refractivity contribution >= 4 is 22.2 Å². The molecule has 0 saturated heterocycles. The van der Waals surface area contributed by atoms with Gasteiger partial charge >= 0.3 is 0 Å². The van der Waals surface area contributed by atoms with Gasteiger partial charge in [0.05, 0.1) is 11.4 Å². The van der Waals surface area contributed by atoms with E-state index in [1.54, 1.807) is 11.3 Å². The molecule has 0 amide bonds. The van der Waals surface area contributed by atoms with Crippen LogP contribution in [-0.4, -0.2) is 9.97 Å². The van der Waals surface area contributed by atoms with Gasteiger partial charge in [0, 0.05) is 28.4 Å². The van der Waals surface area contributed by atoms with Gasteiger partial charge < -0.3 is 5.32 Å². The normalized spacial score (nSPS) is 10.6. The van der Waals surface area contributed by atoms with Crippen LogP contribution in [0.1, 0.15) is 5.56 Å². The third kappa shape index (κ3) is 3.59. The fourth-order valence-corrected chi connectivity index (χ4v) is 3.41. The van der Waals surface area contributed by atoms with E-state index >= 15 is 0 Å². The van der Waals surface area contributed by atoms with E-state index in [0.717, 1.165) is 33.3 Å². The Labute approximate surface area is 151 Å². The third-order valence-electron chi connectivity index (χ3n) is 3.90. The number of nitrogens with zero attached hydrogens (tertiary/aromatic N) is 2. The lowest BCUT2D eigenvalue weighted by Gasteiger charge is -2.04. The van der Waals surface area contributed by atoms with Crippen LogP contribution in [0, 0.1) is 6.92 Å². The highest BCUT2D eigenvalue weighted by atomic mass is 32.1. The van der Waals surface area contributed by atoms with Crippen LogP contribution in [0.5, 0.6) is 0 Å². The lowest BCUT2D eigenvalue weighted by molar-refractivity contribution is 1.31.